The van der Waals surface area contributed by atoms with Crippen LogP contribution in [0.25, 0.3) is 0 Å². The van der Waals surface area contributed by atoms with Crippen molar-refractivity contribution < 1.29 is 72.4 Å². The zero-order valence-electron chi connectivity index (χ0n) is 34.0. The van der Waals surface area contributed by atoms with E-state index in [0.717, 1.165) is 5.56 Å². The van der Waals surface area contributed by atoms with Gasteiger partial charge in [0.05, 0.1) is 25.9 Å². The molecule has 6 rings (SSSR count). The topological polar surface area (TPSA) is 206 Å². The molecule has 0 spiro atoms. The number of aromatic hydroxyl groups is 1. The number of carbonyl (C=O) groups is 4. The normalized spacial score (nSPS) is 29.6. The molecule has 4 aliphatic rings. The summed E-state index contributed by atoms with van der Waals surface area (Å²) in [4.78, 5) is 50.2. The van der Waals surface area contributed by atoms with Crippen molar-refractivity contribution in [3.8, 4) is 23.0 Å². The predicted molar refractivity (Wildman–Crippen MR) is 207 cm³/mol. The largest absolute Gasteiger partial charge is 0.507 e. The Kier molecular flexibility index (Phi) is 14.4. The fraction of sp³-hybridized carbons (Fsp3) is 0.535. The Balaban J connectivity index is 0.000000226. The minimum atomic E-state index is -1.50. The Morgan fingerprint density at radius 3 is 1.97 bits per heavy atom. The molecule has 0 aromatic heterocycles. The molecule has 1 unspecified atom stereocenters. The second-order valence-electron chi connectivity index (χ2n) is 15.3. The number of aliphatic hydroxyl groups is 2. The lowest BCUT2D eigenvalue weighted by molar-refractivity contribution is -0.143. The van der Waals surface area contributed by atoms with Gasteiger partial charge in [0.2, 0.25) is 0 Å². The number of ether oxygens (including phenoxy) is 8. The molecule has 0 amide bonds. The highest BCUT2D eigenvalue weighted by Gasteiger charge is 2.75. The third-order valence-electron chi connectivity index (χ3n) is 10.8. The minimum absolute atomic E-state index is 0.0229. The van der Waals surface area contributed by atoms with E-state index in [2.05, 4.69) is 0 Å². The monoisotopic (exact) mass is 810 g/mol. The van der Waals surface area contributed by atoms with Crippen LogP contribution in [0.4, 0.5) is 0 Å². The summed E-state index contributed by atoms with van der Waals surface area (Å²) in [5.41, 5.74) is 0.387. The second kappa shape index (κ2) is 18.9. The summed E-state index contributed by atoms with van der Waals surface area (Å²) >= 11 is 0. The molecule has 0 radical (unpaired) electrons. The number of methoxy groups -OCH3 is 3. The Morgan fingerprint density at radius 2 is 1.36 bits per heavy atom. The van der Waals surface area contributed by atoms with Crippen molar-refractivity contribution in [1.29, 1.82) is 0 Å². The van der Waals surface area contributed by atoms with Crippen LogP contribution in [0, 0.1) is 0 Å². The van der Waals surface area contributed by atoms with Gasteiger partial charge < -0.3 is 53.2 Å². The first-order valence-corrected chi connectivity index (χ1v) is 19.3. The van der Waals surface area contributed by atoms with E-state index in [4.69, 9.17) is 37.9 Å². The molecule has 15 nitrogen and oxygen atoms in total. The fourth-order valence-corrected chi connectivity index (χ4v) is 7.50. The molecule has 2 saturated heterocycles. The predicted octanol–water partition coefficient (Wildman–Crippen LogP) is 4.52. The van der Waals surface area contributed by atoms with Crippen molar-refractivity contribution in [3.63, 3.8) is 0 Å². The first-order chi connectivity index (χ1) is 27.5. The maximum atomic E-state index is 13.2. The molecule has 2 aromatic carbocycles. The van der Waals surface area contributed by atoms with E-state index in [9.17, 15) is 34.5 Å². The summed E-state index contributed by atoms with van der Waals surface area (Å²) in [5, 5.41) is 30.1. The van der Waals surface area contributed by atoms with Crippen molar-refractivity contribution in [3.05, 3.63) is 70.8 Å². The van der Waals surface area contributed by atoms with E-state index in [1.807, 2.05) is 19.9 Å². The van der Waals surface area contributed by atoms with Gasteiger partial charge in [-0.05, 0) is 95.2 Å². The van der Waals surface area contributed by atoms with Crippen LogP contribution in [-0.2, 0) is 46.1 Å². The number of hydrogen-bond acceptors (Lipinski definition) is 15. The number of cyclic esters (lactones) is 2. The standard InChI is InChI=1S/C24H30O8.C19H24O7/c1-14-7-6-8-17(25)20-21-24(32-21,23(2,3)31-20)10-9-15-11-16(28-5)12-18(29-13-27-4)19(15)22(26)30-14;1-11-5-3-7-14(20)18(23)15(21)8-4-6-12-9-13(25-2)10-16(22)17(12)19(24)26-11/h6,8,11-12,14,20-21H,7,9-10,13H2,1-5H3;3,7,9-11,15,18,21-23H,4-6,8H2,1-2H3/b8-6-;7-3-/t14-,20+,21+,24?;11-,15-,18+/m00/s1. The first-order valence-electron chi connectivity index (χ1n) is 19.3. The third kappa shape index (κ3) is 9.89. The van der Waals surface area contributed by atoms with E-state index in [1.54, 1.807) is 39.2 Å². The number of phenolic OH excluding ortho intramolecular Hbond substituents is 1. The molecule has 0 saturated carbocycles. The second-order valence-corrected chi connectivity index (χ2v) is 15.3. The molecular weight excluding hydrogens is 756 g/mol. The van der Waals surface area contributed by atoms with Crippen molar-refractivity contribution >= 4 is 23.5 Å². The number of hydrogen-bond donors (Lipinski definition) is 3. The fourth-order valence-electron chi connectivity index (χ4n) is 7.50. The molecule has 58 heavy (non-hydrogen) atoms. The summed E-state index contributed by atoms with van der Waals surface area (Å²) in [5.74, 6) is -0.837. The van der Waals surface area contributed by atoms with Crippen LogP contribution in [0.5, 0.6) is 23.0 Å². The molecule has 316 valence electrons. The van der Waals surface area contributed by atoms with Crippen molar-refractivity contribution in [2.24, 2.45) is 0 Å². The average molecular weight is 811 g/mol. The lowest BCUT2D eigenvalue weighted by Crippen LogP contribution is -2.39. The average Bonchev–Trinajstić information content (AvgIpc) is 3.88. The number of fused-ring (bicyclic) bond motifs is 2. The number of ketones is 2. The van der Waals surface area contributed by atoms with Gasteiger partial charge in [-0.15, -0.1) is 0 Å². The quantitative estimate of drug-likeness (QED) is 0.216. The number of epoxide rings is 1. The number of aryl methyl sites for hydroxylation is 2. The summed E-state index contributed by atoms with van der Waals surface area (Å²) in [6.07, 6.45) is 3.84. The van der Waals surface area contributed by atoms with Gasteiger partial charge in [-0.1, -0.05) is 12.2 Å². The van der Waals surface area contributed by atoms with Gasteiger partial charge >= 0.3 is 11.9 Å². The van der Waals surface area contributed by atoms with Crippen molar-refractivity contribution in [1.82, 2.24) is 0 Å². The van der Waals surface area contributed by atoms with Crippen LogP contribution in [0.1, 0.15) is 91.6 Å². The number of phenols is 1. The number of benzene rings is 2. The Morgan fingerprint density at radius 1 is 0.776 bits per heavy atom. The lowest BCUT2D eigenvalue weighted by Gasteiger charge is -2.29. The number of esters is 2. The maximum absolute atomic E-state index is 13.2. The molecule has 7 atom stereocenters. The smallest absolute Gasteiger partial charge is 0.342 e. The van der Waals surface area contributed by atoms with E-state index >= 15 is 0 Å². The molecule has 15 heteroatoms. The van der Waals surface area contributed by atoms with Crippen LogP contribution in [0.2, 0.25) is 0 Å². The molecule has 2 fully saturated rings. The maximum Gasteiger partial charge on any atom is 0.342 e. The van der Waals surface area contributed by atoms with Crippen LogP contribution in [0.3, 0.4) is 0 Å². The highest BCUT2D eigenvalue weighted by molar-refractivity contribution is 5.96. The van der Waals surface area contributed by atoms with Crippen LogP contribution in [0.15, 0.2) is 48.6 Å². The zero-order chi connectivity index (χ0) is 42.4. The van der Waals surface area contributed by atoms with Gasteiger partial charge in [-0.3, -0.25) is 9.59 Å². The summed E-state index contributed by atoms with van der Waals surface area (Å²) < 4.78 is 44.5. The highest BCUT2D eigenvalue weighted by atomic mass is 16.7. The van der Waals surface area contributed by atoms with E-state index in [1.165, 1.54) is 38.5 Å². The van der Waals surface area contributed by atoms with Crippen molar-refractivity contribution in [2.45, 2.75) is 120 Å². The third-order valence-corrected chi connectivity index (χ3v) is 10.8. The highest BCUT2D eigenvalue weighted by Crippen LogP contribution is 2.59. The molecule has 3 N–H and O–H groups in total. The van der Waals surface area contributed by atoms with Gasteiger partial charge in [0.25, 0.3) is 0 Å². The Hall–Kier alpha value is -4.80. The van der Waals surface area contributed by atoms with Gasteiger partial charge in [0.15, 0.2) is 18.4 Å². The van der Waals surface area contributed by atoms with Gasteiger partial charge in [-0.25, -0.2) is 9.59 Å². The Bertz CT molecular complexity index is 1900. The summed E-state index contributed by atoms with van der Waals surface area (Å²) in [6, 6.07) is 6.43. The lowest BCUT2D eigenvalue weighted by atomic mass is 9.83. The van der Waals surface area contributed by atoms with Gasteiger partial charge in [-0.2, -0.15) is 0 Å². The van der Waals surface area contributed by atoms with Gasteiger partial charge in [0.1, 0.15) is 70.2 Å². The summed E-state index contributed by atoms with van der Waals surface area (Å²) in [7, 11) is 4.51. The summed E-state index contributed by atoms with van der Waals surface area (Å²) in [6.45, 7) is 7.30. The van der Waals surface area contributed by atoms with Crippen LogP contribution < -0.4 is 14.2 Å². The van der Waals surface area contributed by atoms with E-state index in [-0.39, 0.29) is 42.8 Å². The van der Waals surface area contributed by atoms with Crippen LogP contribution >= 0.6 is 0 Å². The zero-order valence-corrected chi connectivity index (χ0v) is 34.0. The number of rotatable bonds is 5. The SMILES string of the molecule is COCOc1cc(OC)cc2c1C(=O)O[C@@H](C)C/C=C\C(=O)[C@H]1OC(C)(C)C3(CC2)O[C@H]13.COc1cc(O)c2c(c1)CCC[C@H](O)[C@H](O)C(=O)/C=C\C[C@H](C)OC2=O. The number of aliphatic hydroxyl groups excluding tert-OH is 2. The molecule has 4 heterocycles. The van der Waals surface area contributed by atoms with Gasteiger partial charge in [0, 0.05) is 32.1 Å². The van der Waals surface area contributed by atoms with E-state index in [0.29, 0.717) is 60.5 Å². The minimum Gasteiger partial charge on any atom is -0.507 e. The molecular formula is C43H54O15. The Labute approximate surface area is 337 Å². The molecule has 2 bridgehead atoms. The van der Waals surface area contributed by atoms with Crippen LogP contribution in [-0.4, -0.2) is 115 Å². The van der Waals surface area contributed by atoms with Crippen molar-refractivity contribution in [2.75, 3.05) is 28.1 Å². The number of carbonyl (C=O) groups excluding carboxylic acids is 4. The molecule has 4 aliphatic heterocycles. The van der Waals surface area contributed by atoms with E-state index < -0.39 is 59.4 Å². The first kappa shape index (κ1) is 44.3. The molecule has 2 aromatic rings. The molecule has 0 aliphatic carbocycles.